The number of amides is 2. The molecule has 2 rings (SSSR count). The largest absolute Gasteiger partial charge is 0.334 e. The average Bonchev–Trinajstić information content (AvgIpc) is 2.63. The van der Waals surface area contributed by atoms with Crippen LogP contribution in [-0.4, -0.2) is 34.8 Å². The lowest BCUT2D eigenvalue weighted by atomic mass is 10.1. The van der Waals surface area contributed by atoms with Gasteiger partial charge in [0, 0.05) is 31.2 Å². The zero-order valence-electron chi connectivity index (χ0n) is 14.2. The fourth-order valence-corrected chi connectivity index (χ4v) is 2.37. The van der Waals surface area contributed by atoms with Gasteiger partial charge in [-0.25, -0.2) is 0 Å². The highest BCUT2D eigenvalue weighted by molar-refractivity contribution is 6.39. The number of aromatic nitrogens is 1. The van der Waals surface area contributed by atoms with Crippen molar-refractivity contribution in [1.29, 1.82) is 0 Å². The van der Waals surface area contributed by atoms with Gasteiger partial charge >= 0.3 is 11.8 Å². The molecule has 5 nitrogen and oxygen atoms in total. The van der Waals surface area contributed by atoms with Gasteiger partial charge < -0.3 is 10.2 Å². The first-order valence-electron chi connectivity index (χ1n) is 8.22. The second kappa shape index (κ2) is 8.82. The maximum Gasteiger partial charge on any atom is 0.313 e. The molecule has 1 aromatic heterocycles. The van der Waals surface area contributed by atoms with Crippen molar-refractivity contribution in [3.8, 4) is 0 Å². The molecule has 0 unspecified atom stereocenters. The van der Waals surface area contributed by atoms with Gasteiger partial charge in [0.05, 0.1) is 0 Å². The lowest BCUT2D eigenvalue weighted by Crippen LogP contribution is -2.40. The SMILES string of the molecule is CCc1ccc(NC(=O)C(=O)N(CC)CCc2ccncc2)cc1. The zero-order chi connectivity index (χ0) is 17.4. The summed E-state index contributed by atoms with van der Waals surface area (Å²) in [4.78, 5) is 30.0. The summed E-state index contributed by atoms with van der Waals surface area (Å²) in [6, 6.07) is 11.3. The van der Waals surface area contributed by atoms with Gasteiger partial charge in [-0.15, -0.1) is 0 Å². The highest BCUT2D eigenvalue weighted by Gasteiger charge is 2.20. The summed E-state index contributed by atoms with van der Waals surface area (Å²) in [7, 11) is 0. The summed E-state index contributed by atoms with van der Waals surface area (Å²) < 4.78 is 0. The highest BCUT2D eigenvalue weighted by Crippen LogP contribution is 2.10. The number of nitrogens with zero attached hydrogens (tertiary/aromatic N) is 2. The minimum absolute atomic E-state index is 0.492. The number of nitrogens with one attached hydrogen (secondary N) is 1. The van der Waals surface area contributed by atoms with E-state index in [1.807, 2.05) is 43.3 Å². The maximum absolute atomic E-state index is 12.3. The molecule has 5 heteroatoms. The third kappa shape index (κ3) is 4.91. The number of hydrogen-bond donors (Lipinski definition) is 1. The van der Waals surface area contributed by atoms with E-state index in [0.29, 0.717) is 25.2 Å². The average molecular weight is 325 g/mol. The molecule has 24 heavy (non-hydrogen) atoms. The molecule has 0 saturated heterocycles. The van der Waals surface area contributed by atoms with Crippen molar-refractivity contribution in [3.05, 3.63) is 59.9 Å². The lowest BCUT2D eigenvalue weighted by Gasteiger charge is -2.20. The Bertz CT molecular complexity index is 669. The van der Waals surface area contributed by atoms with E-state index < -0.39 is 11.8 Å². The Morgan fingerprint density at radius 2 is 1.67 bits per heavy atom. The predicted octanol–water partition coefficient (Wildman–Crippen LogP) is 2.67. The molecule has 0 aliphatic heterocycles. The normalized spacial score (nSPS) is 10.2. The van der Waals surface area contributed by atoms with E-state index in [1.54, 1.807) is 17.3 Å². The van der Waals surface area contributed by atoms with Crippen molar-refractivity contribution in [2.75, 3.05) is 18.4 Å². The molecule has 1 aromatic carbocycles. The molecule has 2 amide bonds. The van der Waals surface area contributed by atoms with E-state index >= 15 is 0 Å². The van der Waals surface area contributed by atoms with Crippen LogP contribution >= 0.6 is 0 Å². The van der Waals surface area contributed by atoms with Crippen LogP contribution in [0, 0.1) is 0 Å². The Morgan fingerprint density at radius 3 is 2.25 bits per heavy atom. The van der Waals surface area contributed by atoms with Crippen LogP contribution in [0.4, 0.5) is 5.69 Å². The number of aryl methyl sites for hydroxylation is 1. The monoisotopic (exact) mass is 325 g/mol. The highest BCUT2D eigenvalue weighted by atomic mass is 16.2. The van der Waals surface area contributed by atoms with Crippen LogP contribution in [0.5, 0.6) is 0 Å². The number of benzene rings is 1. The molecular weight excluding hydrogens is 302 g/mol. The van der Waals surface area contributed by atoms with Crippen molar-refractivity contribution in [2.24, 2.45) is 0 Å². The van der Waals surface area contributed by atoms with E-state index in [4.69, 9.17) is 0 Å². The van der Waals surface area contributed by atoms with Gasteiger partial charge in [-0.05, 0) is 55.2 Å². The first-order valence-corrected chi connectivity index (χ1v) is 8.22. The van der Waals surface area contributed by atoms with Crippen molar-refractivity contribution in [1.82, 2.24) is 9.88 Å². The van der Waals surface area contributed by atoms with E-state index in [2.05, 4.69) is 17.2 Å². The molecule has 0 aliphatic carbocycles. The van der Waals surface area contributed by atoms with Gasteiger partial charge in [0.15, 0.2) is 0 Å². The summed E-state index contributed by atoms with van der Waals surface area (Å²) in [5.74, 6) is -1.11. The number of pyridine rings is 1. The first kappa shape index (κ1) is 17.7. The molecule has 0 spiro atoms. The quantitative estimate of drug-likeness (QED) is 0.831. The number of anilines is 1. The number of carbonyl (C=O) groups is 2. The van der Waals surface area contributed by atoms with Gasteiger partial charge in [0.1, 0.15) is 0 Å². The van der Waals surface area contributed by atoms with Crippen molar-refractivity contribution >= 4 is 17.5 Å². The van der Waals surface area contributed by atoms with Crippen LogP contribution in [0.1, 0.15) is 25.0 Å². The topological polar surface area (TPSA) is 62.3 Å². The lowest BCUT2D eigenvalue weighted by molar-refractivity contribution is -0.143. The summed E-state index contributed by atoms with van der Waals surface area (Å²) in [6.07, 6.45) is 5.08. The standard InChI is InChI=1S/C19H23N3O2/c1-3-15-5-7-17(8-6-15)21-18(23)19(24)22(4-2)14-11-16-9-12-20-13-10-16/h5-10,12-13H,3-4,11,14H2,1-2H3,(H,21,23). The molecule has 0 fully saturated rings. The molecule has 0 aliphatic rings. The van der Waals surface area contributed by atoms with Crippen LogP contribution in [0.15, 0.2) is 48.8 Å². The maximum atomic E-state index is 12.3. The summed E-state index contributed by atoms with van der Waals surface area (Å²) in [5.41, 5.74) is 2.91. The Hall–Kier alpha value is -2.69. The second-order valence-corrected chi connectivity index (χ2v) is 5.49. The first-order chi connectivity index (χ1) is 11.6. The van der Waals surface area contributed by atoms with E-state index in [0.717, 1.165) is 12.0 Å². The fourth-order valence-electron chi connectivity index (χ4n) is 2.37. The second-order valence-electron chi connectivity index (χ2n) is 5.49. The Morgan fingerprint density at radius 1 is 1.00 bits per heavy atom. The summed E-state index contributed by atoms with van der Waals surface area (Å²) in [5, 5.41) is 2.67. The molecule has 0 bridgehead atoms. The van der Waals surface area contributed by atoms with Crippen molar-refractivity contribution in [2.45, 2.75) is 26.7 Å². The van der Waals surface area contributed by atoms with Gasteiger partial charge in [-0.2, -0.15) is 0 Å². The molecule has 1 heterocycles. The zero-order valence-corrected chi connectivity index (χ0v) is 14.2. The van der Waals surface area contributed by atoms with E-state index in [9.17, 15) is 9.59 Å². The fraction of sp³-hybridized carbons (Fsp3) is 0.316. The van der Waals surface area contributed by atoms with Gasteiger partial charge in [0.2, 0.25) is 0 Å². The summed E-state index contributed by atoms with van der Waals surface area (Å²) >= 11 is 0. The van der Waals surface area contributed by atoms with E-state index in [1.165, 1.54) is 5.56 Å². The van der Waals surface area contributed by atoms with Gasteiger partial charge in [-0.1, -0.05) is 19.1 Å². The Kier molecular flexibility index (Phi) is 6.49. The smallest absolute Gasteiger partial charge is 0.313 e. The molecule has 0 atom stereocenters. The Labute approximate surface area is 142 Å². The van der Waals surface area contributed by atoms with Crippen LogP contribution in [-0.2, 0) is 22.4 Å². The van der Waals surface area contributed by atoms with Crippen LogP contribution in [0.3, 0.4) is 0 Å². The minimum Gasteiger partial charge on any atom is -0.334 e. The van der Waals surface area contributed by atoms with Crippen molar-refractivity contribution in [3.63, 3.8) is 0 Å². The molecule has 1 N–H and O–H groups in total. The number of rotatable bonds is 6. The van der Waals surface area contributed by atoms with E-state index in [-0.39, 0.29) is 0 Å². The molecule has 2 aromatic rings. The van der Waals surface area contributed by atoms with Gasteiger partial charge in [0.25, 0.3) is 0 Å². The van der Waals surface area contributed by atoms with Gasteiger partial charge in [-0.3, -0.25) is 14.6 Å². The van der Waals surface area contributed by atoms with Crippen molar-refractivity contribution < 1.29 is 9.59 Å². The van der Waals surface area contributed by atoms with Crippen LogP contribution in [0.25, 0.3) is 0 Å². The van der Waals surface area contributed by atoms with Crippen LogP contribution < -0.4 is 5.32 Å². The summed E-state index contributed by atoms with van der Waals surface area (Å²) in [6.45, 7) is 4.93. The molecule has 0 saturated carbocycles. The minimum atomic E-state index is -0.601. The van der Waals surface area contributed by atoms with Crippen LogP contribution in [0.2, 0.25) is 0 Å². The molecular formula is C19H23N3O2. The Balaban J connectivity index is 1.92. The number of likely N-dealkylation sites (N-methyl/N-ethyl adjacent to an activating group) is 1. The molecule has 0 radical (unpaired) electrons. The molecule has 126 valence electrons. The predicted molar refractivity (Wildman–Crippen MR) is 94.6 cm³/mol. The third-order valence-corrected chi connectivity index (χ3v) is 3.90. The number of hydrogen-bond acceptors (Lipinski definition) is 3. The third-order valence-electron chi connectivity index (χ3n) is 3.90. The number of carbonyl (C=O) groups excluding carboxylic acids is 2.